The molecule has 0 radical (unpaired) electrons. The van der Waals surface area contributed by atoms with Crippen LogP contribution in [-0.4, -0.2) is 32.2 Å². The molecule has 5 saturated carbocycles. The number of primary amides is 1. The van der Waals surface area contributed by atoms with Gasteiger partial charge in [-0.15, -0.1) is 0 Å². The number of amides is 2. The molecular weight excluding hydrogens is 474 g/mol. The van der Waals surface area contributed by atoms with E-state index < -0.39 is 22.2 Å². The van der Waals surface area contributed by atoms with Crippen molar-refractivity contribution in [2.75, 3.05) is 4.31 Å². The van der Waals surface area contributed by atoms with Crippen LogP contribution >= 0.6 is 11.6 Å². The van der Waals surface area contributed by atoms with Crippen molar-refractivity contribution in [3.05, 3.63) is 28.8 Å². The maximum absolute atomic E-state index is 14.1. The van der Waals surface area contributed by atoms with E-state index in [1.165, 1.54) is 4.31 Å². The number of benzene rings is 1. The van der Waals surface area contributed by atoms with Gasteiger partial charge in [-0.05, 0) is 87.3 Å². The van der Waals surface area contributed by atoms with Crippen molar-refractivity contribution in [3.63, 3.8) is 0 Å². The molecule has 0 spiro atoms. The summed E-state index contributed by atoms with van der Waals surface area (Å²) in [6, 6.07) is 5.13. The minimum Gasteiger partial charge on any atom is -0.755 e. The lowest BCUT2D eigenvalue weighted by molar-refractivity contribution is -0.148. The first kappa shape index (κ1) is 24.1. The zero-order valence-electron chi connectivity index (χ0n) is 19.6. The highest BCUT2D eigenvalue weighted by molar-refractivity contribution is 7.80. The van der Waals surface area contributed by atoms with Gasteiger partial charge in [-0.3, -0.25) is 18.1 Å². The van der Waals surface area contributed by atoms with Gasteiger partial charge >= 0.3 is 0 Å². The highest BCUT2D eigenvalue weighted by Crippen LogP contribution is 2.60. The van der Waals surface area contributed by atoms with E-state index in [-0.39, 0.29) is 29.7 Å². The Morgan fingerprint density at radius 3 is 2.38 bits per heavy atom. The van der Waals surface area contributed by atoms with Gasteiger partial charge in [0.1, 0.15) is 5.54 Å². The van der Waals surface area contributed by atoms with Crippen molar-refractivity contribution in [1.82, 2.24) is 5.32 Å². The summed E-state index contributed by atoms with van der Waals surface area (Å²) in [5, 5.41) is 3.80. The molecule has 1 aromatic rings. The standard InChI is InChI=1S/C25H34ClN3O4S/c1-15-19(26)6-5-7-20(15)29(34(32)33)25(8-3-2-4-9-25)23(31)28-21-17-10-16-11-18(21)14-24(12-16,13-17)22(27)30/h5-7,16-18,21H,2-4,8-14H2,1H3,(H2,27,30)(H,28,31)(H,32,33)/p-1. The van der Waals surface area contributed by atoms with Crippen LogP contribution in [0.15, 0.2) is 18.2 Å². The molecule has 5 aliphatic rings. The van der Waals surface area contributed by atoms with Crippen LogP contribution in [0.25, 0.3) is 0 Å². The molecule has 9 heteroatoms. The van der Waals surface area contributed by atoms with E-state index in [0.29, 0.717) is 35.0 Å². The number of carbonyl (C=O) groups is 2. The van der Waals surface area contributed by atoms with Crippen molar-refractivity contribution >= 4 is 40.4 Å². The number of nitrogens with two attached hydrogens (primary N) is 1. The van der Waals surface area contributed by atoms with E-state index in [1.807, 2.05) is 0 Å². The van der Waals surface area contributed by atoms with E-state index >= 15 is 0 Å². The zero-order valence-corrected chi connectivity index (χ0v) is 21.1. The molecule has 1 aromatic carbocycles. The highest BCUT2D eigenvalue weighted by atomic mass is 35.5. The summed E-state index contributed by atoms with van der Waals surface area (Å²) >= 11 is 3.69. The Labute approximate surface area is 208 Å². The maximum atomic E-state index is 14.1. The number of anilines is 1. The van der Waals surface area contributed by atoms with E-state index in [9.17, 15) is 18.4 Å². The summed E-state index contributed by atoms with van der Waals surface area (Å²) in [5.74, 6) is 0.484. The van der Waals surface area contributed by atoms with Gasteiger partial charge in [0.2, 0.25) is 11.8 Å². The Morgan fingerprint density at radius 2 is 1.79 bits per heavy atom. The topological polar surface area (TPSA) is 116 Å². The Morgan fingerprint density at radius 1 is 1.15 bits per heavy atom. The normalized spacial score (nSPS) is 34.4. The van der Waals surface area contributed by atoms with Crippen LogP contribution < -0.4 is 15.4 Å². The van der Waals surface area contributed by atoms with E-state index in [2.05, 4.69) is 5.32 Å². The fraction of sp³-hybridized carbons (Fsp3) is 0.680. The lowest BCUT2D eigenvalue weighted by atomic mass is 9.47. The van der Waals surface area contributed by atoms with Crippen molar-refractivity contribution in [1.29, 1.82) is 0 Å². The first-order valence-corrected chi connectivity index (χ1v) is 13.8. The number of carbonyl (C=O) groups excluding carboxylic acids is 2. The summed E-state index contributed by atoms with van der Waals surface area (Å²) < 4.78 is 26.6. The molecule has 3 atom stereocenters. The number of hydrogen-bond donors (Lipinski definition) is 2. The molecule has 5 fully saturated rings. The molecule has 0 aliphatic heterocycles. The predicted molar refractivity (Wildman–Crippen MR) is 131 cm³/mol. The lowest BCUT2D eigenvalue weighted by Gasteiger charge is -2.59. The largest absolute Gasteiger partial charge is 0.755 e. The van der Waals surface area contributed by atoms with Crippen molar-refractivity contribution in [2.24, 2.45) is 28.9 Å². The Bertz CT molecular complexity index is 1010. The molecule has 7 nitrogen and oxygen atoms in total. The fourth-order valence-corrected chi connectivity index (χ4v) is 8.85. The van der Waals surface area contributed by atoms with Gasteiger partial charge < -0.3 is 15.6 Å². The van der Waals surface area contributed by atoms with E-state index in [0.717, 1.165) is 51.4 Å². The van der Waals surface area contributed by atoms with Crippen LogP contribution in [-0.2, 0) is 20.9 Å². The van der Waals surface area contributed by atoms with Gasteiger partial charge in [-0.25, -0.2) is 0 Å². The molecule has 0 saturated heterocycles. The van der Waals surface area contributed by atoms with Gasteiger partial charge in [0.15, 0.2) is 0 Å². The first-order chi connectivity index (χ1) is 16.2. The minimum atomic E-state index is -2.65. The number of halogens is 1. The van der Waals surface area contributed by atoms with Gasteiger partial charge in [-0.2, -0.15) is 0 Å². The molecule has 0 aromatic heterocycles. The molecule has 3 unspecified atom stereocenters. The summed E-state index contributed by atoms with van der Waals surface area (Å²) in [7, 11) is 0. The number of nitrogens with one attached hydrogen (secondary N) is 1. The van der Waals surface area contributed by atoms with Gasteiger partial charge in [0.05, 0.1) is 5.69 Å². The van der Waals surface area contributed by atoms with Crippen LogP contribution in [0.2, 0.25) is 5.02 Å². The van der Waals surface area contributed by atoms with Crippen LogP contribution in [0.5, 0.6) is 0 Å². The van der Waals surface area contributed by atoms with Crippen LogP contribution in [0, 0.1) is 30.1 Å². The van der Waals surface area contributed by atoms with Gasteiger partial charge in [-0.1, -0.05) is 36.9 Å². The van der Waals surface area contributed by atoms with E-state index in [4.69, 9.17) is 17.3 Å². The Kier molecular flexibility index (Phi) is 6.22. The third-order valence-corrected chi connectivity index (χ3v) is 10.4. The molecule has 34 heavy (non-hydrogen) atoms. The Balaban J connectivity index is 1.47. The molecule has 4 bridgehead atoms. The smallest absolute Gasteiger partial charge is 0.247 e. The van der Waals surface area contributed by atoms with Crippen molar-refractivity contribution in [2.45, 2.75) is 82.7 Å². The molecule has 2 amide bonds. The second-order valence-electron chi connectivity index (χ2n) is 11.1. The number of hydrogen-bond acceptors (Lipinski definition) is 4. The second kappa shape index (κ2) is 8.79. The third-order valence-electron chi connectivity index (χ3n) is 9.19. The molecule has 6 rings (SSSR count). The summed E-state index contributed by atoms with van der Waals surface area (Å²) in [6.07, 6.45) is 7.77. The van der Waals surface area contributed by atoms with Crippen LogP contribution in [0.1, 0.15) is 69.8 Å². The monoisotopic (exact) mass is 506 g/mol. The molecule has 186 valence electrons. The highest BCUT2D eigenvalue weighted by Gasteiger charge is 2.59. The maximum Gasteiger partial charge on any atom is 0.247 e. The second-order valence-corrected chi connectivity index (χ2v) is 12.3. The lowest BCUT2D eigenvalue weighted by Crippen LogP contribution is -2.67. The van der Waals surface area contributed by atoms with E-state index in [1.54, 1.807) is 25.1 Å². The Hall–Kier alpha value is -1.64. The quantitative estimate of drug-likeness (QED) is 0.571. The summed E-state index contributed by atoms with van der Waals surface area (Å²) in [4.78, 5) is 26.4. The molecule has 3 N–H and O–H groups in total. The fourth-order valence-electron chi connectivity index (χ4n) is 7.78. The van der Waals surface area contributed by atoms with Crippen LogP contribution in [0.4, 0.5) is 5.69 Å². The average Bonchev–Trinajstić information content (AvgIpc) is 2.79. The van der Waals surface area contributed by atoms with Crippen molar-refractivity contribution < 1.29 is 18.4 Å². The summed E-state index contributed by atoms with van der Waals surface area (Å²) in [5.41, 5.74) is 5.31. The van der Waals surface area contributed by atoms with Gasteiger partial charge in [0, 0.05) is 27.7 Å². The predicted octanol–water partition coefficient (Wildman–Crippen LogP) is 3.75. The SMILES string of the molecule is Cc1c(Cl)cccc1N(S(=O)[O-])C1(C(=O)NC2C3CC4CC2CC(C(N)=O)(C4)C3)CCCCC1. The first-order valence-electron chi connectivity index (χ1n) is 12.4. The minimum absolute atomic E-state index is 0.0438. The van der Waals surface area contributed by atoms with Crippen molar-refractivity contribution in [3.8, 4) is 0 Å². The van der Waals surface area contributed by atoms with Gasteiger partial charge in [0.25, 0.3) is 0 Å². The molecule has 5 aliphatic carbocycles. The third kappa shape index (κ3) is 3.77. The number of rotatable bonds is 6. The average molecular weight is 507 g/mol. The molecular formula is C25H33ClN3O4S-. The zero-order chi connectivity index (χ0) is 24.3. The van der Waals surface area contributed by atoms with Crippen LogP contribution in [0.3, 0.4) is 0 Å². The molecule has 0 heterocycles. The number of nitrogens with zero attached hydrogens (tertiary/aromatic N) is 1. The summed E-state index contributed by atoms with van der Waals surface area (Å²) in [6.45, 7) is 1.78.